The van der Waals surface area contributed by atoms with Gasteiger partial charge in [0.2, 0.25) is 5.92 Å². The number of nitrogens with one attached hydrogen (secondary N) is 1. The number of hydrogen-bond acceptors (Lipinski definition) is 2. The minimum absolute atomic E-state index is 0.0168. The highest BCUT2D eigenvalue weighted by Crippen LogP contribution is 2.38. The van der Waals surface area contributed by atoms with Crippen molar-refractivity contribution in [2.24, 2.45) is 11.8 Å². The Morgan fingerprint density at radius 2 is 1.89 bits per heavy atom. The Kier molecular flexibility index (Phi) is 4.76. The molecule has 0 bridgehead atoms. The molecular formula is C14H23F2NO2. The number of carboxylic acid groups (broad SMARTS) is 1. The number of hydrogen-bond donors (Lipinski definition) is 2. The van der Waals surface area contributed by atoms with E-state index in [4.69, 9.17) is 5.11 Å². The summed E-state index contributed by atoms with van der Waals surface area (Å²) in [7, 11) is 0. The zero-order valence-corrected chi connectivity index (χ0v) is 11.2. The minimum atomic E-state index is -2.46. The van der Waals surface area contributed by atoms with E-state index in [9.17, 15) is 13.6 Å². The van der Waals surface area contributed by atoms with E-state index < -0.39 is 11.9 Å². The molecule has 0 spiro atoms. The maximum atomic E-state index is 13.1. The fourth-order valence-corrected chi connectivity index (χ4v) is 3.45. The number of rotatable bonds is 4. The highest BCUT2D eigenvalue weighted by Gasteiger charge is 2.36. The monoisotopic (exact) mass is 275 g/mol. The van der Waals surface area contributed by atoms with Crippen LogP contribution < -0.4 is 5.32 Å². The van der Waals surface area contributed by atoms with Crippen molar-refractivity contribution in [3.05, 3.63) is 0 Å². The highest BCUT2D eigenvalue weighted by atomic mass is 19.3. The molecule has 2 aliphatic rings. The molecule has 2 N–H and O–H groups in total. The Balaban J connectivity index is 1.75. The molecule has 1 aliphatic heterocycles. The lowest BCUT2D eigenvalue weighted by Gasteiger charge is -2.34. The van der Waals surface area contributed by atoms with Crippen molar-refractivity contribution in [1.82, 2.24) is 5.32 Å². The zero-order valence-electron chi connectivity index (χ0n) is 11.2. The molecule has 0 aromatic carbocycles. The first-order valence-electron chi connectivity index (χ1n) is 7.27. The third-order valence-electron chi connectivity index (χ3n) is 4.52. The molecule has 2 fully saturated rings. The zero-order chi connectivity index (χ0) is 13.9. The predicted molar refractivity (Wildman–Crippen MR) is 68.3 cm³/mol. The van der Waals surface area contributed by atoms with Crippen LogP contribution in [0.4, 0.5) is 8.78 Å². The van der Waals surface area contributed by atoms with Gasteiger partial charge in [-0.1, -0.05) is 0 Å². The minimum Gasteiger partial charge on any atom is -0.481 e. The first-order valence-corrected chi connectivity index (χ1v) is 7.27. The summed E-state index contributed by atoms with van der Waals surface area (Å²) in [4.78, 5) is 10.7. The largest absolute Gasteiger partial charge is 0.481 e. The molecular weight excluding hydrogens is 252 g/mol. The molecule has 0 amide bonds. The van der Waals surface area contributed by atoms with Gasteiger partial charge in [0.05, 0.1) is 0 Å². The van der Waals surface area contributed by atoms with Crippen LogP contribution >= 0.6 is 0 Å². The number of halogens is 2. The van der Waals surface area contributed by atoms with Crippen LogP contribution in [0, 0.1) is 11.8 Å². The molecule has 1 saturated carbocycles. The van der Waals surface area contributed by atoms with E-state index in [1.165, 1.54) is 0 Å². The third-order valence-corrected chi connectivity index (χ3v) is 4.52. The van der Waals surface area contributed by atoms with Gasteiger partial charge in [-0.2, -0.15) is 0 Å². The van der Waals surface area contributed by atoms with Crippen molar-refractivity contribution in [1.29, 1.82) is 0 Å². The van der Waals surface area contributed by atoms with Crippen LogP contribution in [0.5, 0.6) is 0 Å². The molecule has 5 heteroatoms. The molecule has 2 unspecified atom stereocenters. The van der Waals surface area contributed by atoms with Gasteiger partial charge in [-0.15, -0.1) is 0 Å². The van der Waals surface area contributed by atoms with Gasteiger partial charge in [0.25, 0.3) is 0 Å². The molecule has 0 aromatic heterocycles. The van der Waals surface area contributed by atoms with Crippen LogP contribution in [0.1, 0.15) is 51.4 Å². The second-order valence-electron chi connectivity index (χ2n) is 6.17. The molecule has 1 heterocycles. The second kappa shape index (κ2) is 6.16. The quantitative estimate of drug-likeness (QED) is 0.829. The Labute approximate surface area is 112 Å². The van der Waals surface area contributed by atoms with Gasteiger partial charge in [0.1, 0.15) is 0 Å². The average molecular weight is 275 g/mol. The SMILES string of the molecule is O=C(O)CC1CCNC(CC2CCC(F)(F)CC2)C1. The van der Waals surface area contributed by atoms with Gasteiger partial charge in [0.15, 0.2) is 0 Å². The van der Waals surface area contributed by atoms with E-state index >= 15 is 0 Å². The molecule has 110 valence electrons. The van der Waals surface area contributed by atoms with Crippen molar-refractivity contribution in [2.45, 2.75) is 63.3 Å². The van der Waals surface area contributed by atoms with Crippen LogP contribution in [0.3, 0.4) is 0 Å². The van der Waals surface area contributed by atoms with Gasteiger partial charge in [-0.3, -0.25) is 4.79 Å². The Hall–Kier alpha value is -0.710. The summed E-state index contributed by atoms with van der Waals surface area (Å²) in [5.74, 6) is -2.57. The lowest BCUT2D eigenvalue weighted by atomic mass is 9.79. The van der Waals surface area contributed by atoms with Crippen LogP contribution in [-0.2, 0) is 4.79 Å². The molecule has 0 aromatic rings. The molecule has 2 atom stereocenters. The standard InChI is InChI=1S/C14H23F2NO2/c15-14(16)4-1-10(2-5-14)7-12-8-11(3-6-17-12)9-13(18)19/h10-12,17H,1-9H2,(H,18,19). The van der Waals surface area contributed by atoms with Gasteiger partial charge in [-0.05, 0) is 50.5 Å². The summed E-state index contributed by atoms with van der Waals surface area (Å²) in [6.45, 7) is 0.853. The van der Waals surface area contributed by atoms with Crippen LogP contribution in [0.25, 0.3) is 0 Å². The number of carboxylic acids is 1. The smallest absolute Gasteiger partial charge is 0.303 e. The van der Waals surface area contributed by atoms with Crippen LogP contribution in [-0.4, -0.2) is 29.6 Å². The summed E-state index contributed by atoms with van der Waals surface area (Å²) in [6.07, 6.45) is 4.19. The van der Waals surface area contributed by atoms with Crippen molar-refractivity contribution < 1.29 is 18.7 Å². The van der Waals surface area contributed by atoms with E-state index in [0.29, 0.717) is 24.8 Å². The Bertz CT molecular complexity index is 313. The first kappa shape index (κ1) is 14.7. The molecule has 1 saturated heterocycles. The van der Waals surface area contributed by atoms with E-state index in [2.05, 4.69) is 5.32 Å². The maximum absolute atomic E-state index is 13.1. The molecule has 3 nitrogen and oxygen atoms in total. The van der Waals surface area contributed by atoms with E-state index in [-0.39, 0.29) is 25.2 Å². The summed E-state index contributed by atoms with van der Waals surface area (Å²) in [5, 5.41) is 12.2. The summed E-state index contributed by atoms with van der Waals surface area (Å²) < 4.78 is 26.2. The molecule has 2 rings (SSSR count). The normalized spacial score (nSPS) is 32.1. The van der Waals surface area contributed by atoms with Gasteiger partial charge < -0.3 is 10.4 Å². The topological polar surface area (TPSA) is 49.3 Å². The van der Waals surface area contributed by atoms with Crippen LogP contribution in [0.15, 0.2) is 0 Å². The molecule has 0 radical (unpaired) electrons. The summed E-state index contributed by atoms with van der Waals surface area (Å²) in [5.41, 5.74) is 0. The fraction of sp³-hybridized carbons (Fsp3) is 0.929. The molecule has 19 heavy (non-hydrogen) atoms. The lowest BCUT2D eigenvalue weighted by molar-refractivity contribution is -0.138. The Morgan fingerprint density at radius 1 is 1.21 bits per heavy atom. The number of carbonyl (C=O) groups is 1. The number of piperidine rings is 1. The highest BCUT2D eigenvalue weighted by molar-refractivity contribution is 5.67. The van der Waals surface area contributed by atoms with Crippen LogP contribution in [0.2, 0.25) is 0 Å². The van der Waals surface area contributed by atoms with Crippen molar-refractivity contribution in [2.75, 3.05) is 6.54 Å². The molecule has 1 aliphatic carbocycles. The average Bonchev–Trinajstić information content (AvgIpc) is 2.32. The lowest BCUT2D eigenvalue weighted by Crippen LogP contribution is -2.40. The first-order chi connectivity index (χ1) is 8.94. The van der Waals surface area contributed by atoms with Crippen molar-refractivity contribution in [3.63, 3.8) is 0 Å². The number of alkyl halides is 2. The fourth-order valence-electron chi connectivity index (χ4n) is 3.45. The van der Waals surface area contributed by atoms with Gasteiger partial charge >= 0.3 is 5.97 Å². The van der Waals surface area contributed by atoms with Gasteiger partial charge in [0, 0.05) is 25.3 Å². The Morgan fingerprint density at radius 3 is 2.53 bits per heavy atom. The van der Waals surface area contributed by atoms with E-state index in [0.717, 1.165) is 25.8 Å². The predicted octanol–water partition coefficient (Wildman–Crippen LogP) is 3.04. The number of aliphatic carboxylic acids is 1. The van der Waals surface area contributed by atoms with E-state index in [1.807, 2.05) is 0 Å². The summed E-state index contributed by atoms with van der Waals surface area (Å²) in [6, 6.07) is 0.315. The maximum Gasteiger partial charge on any atom is 0.303 e. The van der Waals surface area contributed by atoms with E-state index in [1.54, 1.807) is 0 Å². The van der Waals surface area contributed by atoms with Crippen molar-refractivity contribution in [3.8, 4) is 0 Å². The second-order valence-corrected chi connectivity index (χ2v) is 6.17. The van der Waals surface area contributed by atoms with Crippen molar-refractivity contribution >= 4 is 5.97 Å². The summed E-state index contributed by atoms with van der Waals surface area (Å²) >= 11 is 0. The van der Waals surface area contributed by atoms with Gasteiger partial charge in [-0.25, -0.2) is 8.78 Å². The third kappa shape index (κ3) is 4.71.